The van der Waals surface area contributed by atoms with Gasteiger partial charge < -0.3 is 9.84 Å². The van der Waals surface area contributed by atoms with Crippen LogP contribution in [-0.4, -0.2) is 11.1 Å². The monoisotopic (exact) mass is 320 g/mol. The van der Waals surface area contributed by atoms with Crippen molar-refractivity contribution in [2.45, 2.75) is 46.1 Å². The van der Waals surface area contributed by atoms with E-state index in [0.29, 0.717) is 17.9 Å². The summed E-state index contributed by atoms with van der Waals surface area (Å²) in [6, 6.07) is 7.59. The summed E-state index contributed by atoms with van der Waals surface area (Å²) in [7, 11) is 0. The molecule has 0 spiro atoms. The van der Waals surface area contributed by atoms with Crippen molar-refractivity contribution >= 4 is 17.5 Å². The van der Waals surface area contributed by atoms with Gasteiger partial charge in [-0.25, -0.2) is 0 Å². The van der Waals surface area contributed by atoms with Crippen LogP contribution < -0.4 is 5.32 Å². The van der Waals surface area contributed by atoms with Gasteiger partial charge >= 0.3 is 0 Å². The molecule has 1 N–H and O–H groups in total. The Bertz CT molecular complexity index is 615. The fourth-order valence-corrected chi connectivity index (χ4v) is 2.61. The van der Waals surface area contributed by atoms with Crippen molar-refractivity contribution in [2.75, 3.05) is 0 Å². The molecule has 1 amide bonds. The molecule has 0 aliphatic carbocycles. The largest absolute Gasteiger partial charge is 0.361 e. The average molecular weight is 321 g/mol. The number of benzene rings is 1. The van der Waals surface area contributed by atoms with E-state index in [0.717, 1.165) is 29.0 Å². The Balaban J connectivity index is 1.94. The molecule has 1 unspecified atom stereocenters. The van der Waals surface area contributed by atoms with Crippen LogP contribution in [0.25, 0.3) is 0 Å². The maximum absolute atomic E-state index is 12.2. The summed E-state index contributed by atoms with van der Waals surface area (Å²) in [5, 5.41) is 7.68. The van der Waals surface area contributed by atoms with E-state index >= 15 is 0 Å². The second-order valence-electron chi connectivity index (χ2n) is 5.38. The van der Waals surface area contributed by atoms with E-state index in [4.69, 9.17) is 16.1 Å². The van der Waals surface area contributed by atoms with Crippen molar-refractivity contribution in [1.29, 1.82) is 0 Å². The number of hydrogen-bond donors (Lipinski definition) is 1. The molecule has 0 saturated heterocycles. The molecule has 4 nitrogen and oxygen atoms in total. The molecule has 0 saturated carbocycles. The SMILES string of the molecule is CCC(NC(=O)CCc1c(C)noc1C)c1ccc(Cl)cc1. The third-order valence-electron chi connectivity index (χ3n) is 3.80. The highest BCUT2D eigenvalue weighted by Gasteiger charge is 2.15. The molecule has 0 aliphatic heterocycles. The number of hydrogen-bond acceptors (Lipinski definition) is 3. The molecule has 0 bridgehead atoms. The number of rotatable bonds is 6. The molecule has 2 rings (SSSR count). The van der Waals surface area contributed by atoms with E-state index in [1.165, 1.54) is 0 Å². The molecule has 1 atom stereocenters. The molecular formula is C17H21ClN2O2. The summed E-state index contributed by atoms with van der Waals surface area (Å²) in [6.07, 6.45) is 1.90. The summed E-state index contributed by atoms with van der Waals surface area (Å²) >= 11 is 5.90. The number of carbonyl (C=O) groups is 1. The first-order chi connectivity index (χ1) is 10.5. The van der Waals surface area contributed by atoms with E-state index in [2.05, 4.69) is 10.5 Å². The molecule has 5 heteroatoms. The van der Waals surface area contributed by atoms with Crippen molar-refractivity contribution in [3.05, 3.63) is 51.9 Å². The Hall–Kier alpha value is -1.81. The third-order valence-corrected chi connectivity index (χ3v) is 4.05. The van der Waals surface area contributed by atoms with E-state index < -0.39 is 0 Å². The van der Waals surface area contributed by atoms with Crippen LogP contribution in [0.2, 0.25) is 5.02 Å². The van der Waals surface area contributed by atoms with Gasteiger partial charge in [0.15, 0.2) is 0 Å². The first kappa shape index (κ1) is 16.6. The topological polar surface area (TPSA) is 55.1 Å². The van der Waals surface area contributed by atoms with Crippen LogP contribution in [0.3, 0.4) is 0 Å². The maximum Gasteiger partial charge on any atom is 0.220 e. The van der Waals surface area contributed by atoms with E-state index in [1.54, 1.807) is 0 Å². The van der Waals surface area contributed by atoms with Crippen molar-refractivity contribution in [1.82, 2.24) is 10.5 Å². The predicted molar refractivity (Wildman–Crippen MR) is 86.9 cm³/mol. The number of aromatic nitrogens is 1. The van der Waals surface area contributed by atoms with Gasteiger partial charge in [-0.05, 0) is 44.4 Å². The number of halogens is 1. The van der Waals surface area contributed by atoms with Crippen LogP contribution >= 0.6 is 11.6 Å². The van der Waals surface area contributed by atoms with Crippen molar-refractivity contribution in [3.63, 3.8) is 0 Å². The molecule has 0 aliphatic rings. The van der Waals surface area contributed by atoms with Gasteiger partial charge in [-0.3, -0.25) is 4.79 Å². The maximum atomic E-state index is 12.2. The molecular weight excluding hydrogens is 300 g/mol. The van der Waals surface area contributed by atoms with E-state index in [9.17, 15) is 4.79 Å². The number of amides is 1. The molecule has 1 aromatic heterocycles. The van der Waals surface area contributed by atoms with Crippen LogP contribution in [-0.2, 0) is 11.2 Å². The highest BCUT2D eigenvalue weighted by Crippen LogP contribution is 2.20. The van der Waals surface area contributed by atoms with Gasteiger partial charge in [0.05, 0.1) is 11.7 Å². The van der Waals surface area contributed by atoms with Gasteiger partial charge in [-0.15, -0.1) is 0 Å². The van der Waals surface area contributed by atoms with Crippen molar-refractivity contribution in [2.24, 2.45) is 0 Å². The molecule has 118 valence electrons. The lowest BCUT2D eigenvalue weighted by atomic mass is 10.0. The Morgan fingerprint density at radius 2 is 2.00 bits per heavy atom. The highest BCUT2D eigenvalue weighted by molar-refractivity contribution is 6.30. The zero-order valence-electron chi connectivity index (χ0n) is 13.1. The van der Waals surface area contributed by atoms with E-state index in [-0.39, 0.29) is 11.9 Å². The van der Waals surface area contributed by atoms with Crippen LogP contribution in [0.1, 0.15) is 48.4 Å². The Labute approximate surface area is 135 Å². The summed E-state index contributed by atoms with van der Waals surface area (Å²) in [6.45, 7) is 5.82. The third kappa shape index (κ3) is 4.10. The molecule has 2 aromatic rings. The van der Waals surface area contributed by atoms with Crippen molar-refractivity contribution < 1.29 is 9.32 Å². The quantitative estimate of drug-likeness (QED) is 0.870. The first-order valence-electron chi connectivity index (χ1n) is 7.47. The fraction of sp³-hybridized carbons (Fsp3) is 0.412. The second-order valence-corrected chi connectivity index (χ2v) is 5.82. The number of nitrogens with one attached hydrogen (secondary N) is 1. The molecule has 0 fully saturated rings. The van der Waals surface area contributed by atoms with Crippen LogP contribution in [0.4, 0.5) is 0 Å². The Morgan fingerprint density at radius 3 is 2.55 bits per heavy atom. The molecule has 0 radical (unpaired) electrons. The smallest absolute Gasteiger partial charge is 0.220 e. The van der Waals surface area contributed by atoms with Crippen LogP contribution in [0.15, 0.2) is 28.8 Å². The van der Waals surface area contributed by atoms with Crippen LogP contribution in [0.5, 0.6) is 0 Å². The van der Waals surface area contributed by atoms with Gasteiger partial charge in [0.1, 0.15) is 5.76 Å². The van der Waals surface area contributed by atoms with Crippen LogP contribution in [0, 0.1) is 13.8 Å². The summed E-state index contributed by atoms with van der Waals surface area (Å²) in [5.74, 6) is 0.817. The summed E-state index contributed by atoms with van der Waals surface area (Å²) < 4.78 is 5.12. The minimum atomic E-state index is 0.00874. The Kier molecular flexibility index (Phi) is 5.61. The number of aryl methyl sites for hydroxylation is 2. The van der Waals surface area contributed by atoms with Gasteiger partial charge in [-0.1, -0.05) is 35.8 Å². The lowest BCUT2D eigenvalue weighted by Gasteiger charge is -2.17. The number of carbonyl (C=O) groups excluding carboxylic acids is 1. The van der Waals surface area contributed by atoms with Gasteiger partial charge in [0.2, 0.25) is 5.91 Å². The summed E-state index contributed by atoms with van der Waals surface area (Å²) in [4.78, 5) is 12.2. The lowest BCUT2D eigenvalue weighted by Crippen LogP contribution is -2.28. The zero-order chi connectivity index (χ0) is 16.1. The predicted octanol–water partition coefficient (Wildman–Crippen LogP) is 4.14. The van der Waals surface area contributed by atoms with Crippen molar-refractivity contribution in [3.8, 4) is 0 Å². The molecule has 22 heavy (non-hydrogen) atoms. The minimum absolute atomic E-state index is 0.00874. The highest BCUT2D eigenvalue weighted by atomic mass is 35.5. The van der Waals surface area contributed by atoms with Gasteiger partial charge in [0.25, 0.3) is 0 Å². The second kappa shape index (κ2) is 7.45. The van der Waals surface area contributed by atoms with E-state index in [1.807, 2.05) is 45.0 Å². The fourth-order valence-electron chi connectivity index (χ4n) is 2.48. The molecule has 1 heterocycles. The normalized spacial score (nSPS) is 12.2. The first-order valence-corrected chi connectivity index (χ1v) is 7.85. The van der Waals surface area contributed by atoms with Gasteiger partial charge in [0, 0.05) is 17.0 Å². The standard InChI is InChI=1S/C17H21ClN2O2/c1-4-16(13-5-7-14(18)8-6-13)19-17(21)10-9-15-11(2)20-22-12(15)3/h5-8,16H,4,9-10H2,1-3H3,(H,19,21). The summed E-state index contributed by atoms with van der Waals surface area (Å²) in [5.41, 5.74) is 2.95. The molecule has 1 aromatic carbocycles. The van der Waals surface area contributed by atoms with Gasteiger partial charge in [-0.2, -0.15) is 0 Å². The zero-order valence-corrected chi connectivity index (χ0v) is 13.9. The average Bonchev–Trinajstić information content (AvgIpc) is 2.82. The number of nitrogens with zero attached hydrogens (tertiary/aromatic N) is 1. The lowest BCUT2D eigenvalue weighted by molar-refractivity contribution is -0.121. The Morgan fingerprint density at radius 1 is 1.32 bits per heavy atom. The minimum Gasteiger partial charge on any atom is -0.361 e.